The van der Waals surface area contributed by atoms with Crippen molar-refractivity contribution in [3.63, 3.8) is 0 Å². The SMILES string of the molecule is CCc1cc(N2C(=S)N(c3cnc(C#N)c(C(F)(F)F)c3)C(=O)C2(C)C)ccc1OCC[C@@H]1C[C@H]2CC[C@@H](C1)N2CC(=O)Nc1cc(Cl)cc(NC2CCC(=O)NC2=O)c1. The molecule has 4 amide bonds. The number of nitrogens with zero attached hydrogens (tertiary/aromatic N) is 5. The first-order valence-corrected chi connectivity index (χ1v) is 20.6. The number of piperidine rings is 2. The number of pyridine rings is 1. The van der Waals surface area contributed by atoms with Gasteiger partial charge in [0.05, 0.1) is 30.6 Å². The van der Waals surface area contributed by atoms with E-state index in [4.69, 9.17) is 28.6 Å². The van der Waals surface area contributed by atoms with E-state index in [0.29, 0.717) is 53.2 Å². The number of fused-ring (bicyclic) bond motifs is 2. The van der Waals surface area contributed by atoms with Crippen LogP contribution in [0.4, 0.5) is 35.9 Å². The van der Waals surface area contributed by atoms with Gasteiger partial charge in [-0.25, -0.2) is 4.98 Å². The van der Waals surface area contributed by atoms with Crippen molar-refractivity contribution in [2.45, 2.75) is 102 Å². The monoisotopic (exact) mass is 864 g/mol. The number of nitrogens with one attached hydrogen (secondary N) is 3. The number of hydrogen-bond acceptors (Lipinski definition) is 10. The highest BCUT2D eigenvalue weighted by molar-refractivity contribution is 7.81. The maximum atomic E-state index is 13.8. The van der Waals surface area contributed by atoms with E-state index in [2.05, 4.69) is 25.8 Å². The molecular weight excluding hydrogens is 821 g/mol. The number of aromatic nitrogens is 1. The first-order valence-electron chi connectivity index (χ1n) is 19.8. The highest BCUT2D eigenvalue weighted by Crippen LogP contribution is 2.42. The number of thiocarbonyl (C=S) groups is 1. The number of carbonyl (C=O) groups is 4. The minimum atomic E-state index is -4.86. The molecule has 0 saturated carbocycles. The standard InChI is InChI=1S/C42H44ClF3N8O5S/c1-4-24-15-30(54-40(60)53(39(58)41(54,2)3)31-19-32(42(44,45)46)34(20-47)48-21-31)7-9-35(24)59-12-11-23-13-28-5-6-29(14-23)52(28)22-37(56)50-27-17-25(43)16-26(18-27)49-33-8-10-36(55)51-38(33)57/h7,9,15-19,21,23,28-29,33,49H,4-6,8,10-14,22H2,1-3H3,(H,50,56)(H,51,55,57)/t23-,28-,29+,33?. The van der Waals surface area contributed by atoms with Crippen molar-refractivity contribution < 1.29 is 37.1 Å². The molecule has 18 heteroatoms. The van der Waals surface area contributed by atoms with E-state index >= 15 is 0 Å². The Morgan fingerprint density at radius 3 is 2.45 bits per heavy atom. The predicted molar refractivity (Wildman–Crippen MR) is 223 cm³/mol. The number of imide groups is 1. The molecule has 4 aliphatic rings. The van der Waals surface area contributed by atoms with Gasteiger partial charge in [-0.05, 0) is 125 Å². The quantitative estimate of drug-likeness (QED) is 0.128. The molecule has 2 aromatic carbocycles. The fourth-order valence-corrected chi connectivity index (χ4v) is 9.58. The van der Waals surface area contributed by atoms with Crippen LogP contribution in [0.25, 0.3) is 0 Å². The molecule has 0 spiro atoms. The molecule has 4 atom stereocenters. The van der Waals surface area contributed by atoms with Crippen LogP contribution in [0.2, 0.25) is 5.02 Å². The van der Waals surface area contributed by atoms with Crippen molar-refractivity contribution in [2.75, 3.05) is 33.6 Å². The summed E-state index contributed by atoms with van der Waals surface area (Å²) in [5.41, 5.74) is -0.957. The van der Waals surface area contributed by atoms with Gasteiger partial charge in [0.15, 0.2) is 10.8 Å². The van der Waals surface area contributed by atoms with Gasteiger partial charge < -0.3 is 20.3 Å². The zero-order valence-electron chi connectivity index (χ0n) is 33.2. The van der Waals surface area contributed by atoms with Crippen LogP contribution in [-0.4, -0.2) is 75.4 Å². The normalized spacial score (nSPS) is 22.8. The summed E-state index contributed by atoms with van der Waals surface area (Å²) < 4.78 is 47.6. The van der Waals surface area contributed by atoms with Crippen molar-refractivity contribution in [1.29, 1.82) is 5.26 Å². The lowest BCUT2D eigenvalue weighted by molar-refractivity contribution is -0.138. The summed E-state index contributed by atoms with van der Waals surface area (Å²) in [6.07, 6.45) is 2.11. The van der Waals surface area contributed by atoms with Gasteiger partial charge in [-0.15, -0.1) is 0 Å². The van der Waals surface area contributed by atoms with Crippen molar-refractivity contribution >= 4 is 75.3 Å². The Hall–Kier alpha value is -5.31. The van der Waals surface area contributed by atoms with Gasteiger partial charge in [0.1, 0.15) is 23.4 Å². The number of carbonyl (C=O) groups excluding carboxylic acids is 4. The Labute approximate surface area is 355 Å². The summed E-state index contributed by atoms with van der Waals surface area (Å²) in [4.78, 5) is 59.3. The molecule has 4 aliphatic heterocycles. The Balaban J connectivity index is 0.937. The minimum absolute atomic E-state index is 0.0169. The first kappa shape index (κ1) is 42.8. The van der Waals surface area contributed by atoms with Crippen molar-refractivity contribution in [3.8, 4) is 11.8 Å². The van der Waals surface area contributed by atoms with Crippen LogP contribution in [-0.2, 0) is 31.8 Å². The van der Waals surface area contributed by atoms with Crippen LogP contribution in [0.15, 0.2) is 48.7 Å². The fraction of sp³-hybridized carbons (Fsp3) is 0.452. The molecule has 4 fully saturated rings. The number of amides is 4. The van der Waals surface area contributed by atoms with E-state index in [1.807, 2.05) is 19.1 Å². The van der Waals surface area contributed by atoms with Crippen molar-refractivity contribution in [3.05, 3.63) is 70.5 Å². The van der Waals surface area contributed by atoms with Gasteiger partial charge in [0, 0.05) is 40.6 Å². The van der Waals surface area contributed by atoms with Gasteiger partial charge in [-0.2, -0.15) is 18.4 Å². The molecule has 1 unspecified atom stereocenters. The van der Waals surface area contributed by atoms with Crippen LogP contribution in [0, 0.1) is 17.2 Å². The lowest BCUT2D eigenvalue weighted by Crippen LogP contribution is -2.47. The largest absolute Gasteiger partial charge is 0.493 e. The Bertz CT molecular complexity index is 2270. The Kier molecular flexibility index (Phi) is 12.1. The number of alkyl halides is 3. The highest BCUT2D eigenvalue weighted by atomic mass is 35.5. The number of ether oxygens (including phenoxy) is 1. The average Bonchev–Trinajstić information content (AvgIpc) is 3.51. The van der Waals surface area contributed by atoms with Gasteiger partial charge in [-0.3, -0.25) is 34.3 Å². The number of hydrogen-bond donors (Lipinski definition) is 3. The third kappa shape index (κ3) is 8.77. The topological polar surface area (TPSA) is 160 Å². The number of halogens is 4. The zero-order valence-corrected chi connectivity index (χ0v) is 34.8. The number of rotatable bonds is 12. The molecule has 0 radical (unpaired) electrons. The van der Waals surface area contributed by atoms with Crippen LogP contribution >= 0.6 is 23.8 Å². The molecule has 3 N–H and O–H groups in total. The summed E-state index contributed by atoms with van der Waals surface area (Å²) >= 11 is 12.1. The van der Waals surface area contributed by atoms with Gasteiger partial charge in [0.25, 0.3) is 5.91 Å². The summed E-state index contributed by atoms with van der Waals surface area (Å²) in [5.74, 6) is -0.302. The summed E-state index contributed by atoms with van der Waals surface area (Å²) in [6.45, 7) is 5.99. The van der Waals surface area contributed by atoms with Crippen LogP contribution in [0.5, 0.6) is 5.75 Å². The maximum absolute atomic E-state index is 13.8. The second-order valence-electron chi connectivity index (χ2n) is 16.1. The molecule has 13 nitrogen and oxygen atoms in total. The van der Waals surface area contributed by atoms with Crippen LogP contribution in [0.1, 0.15) is 82.5 Å². The maximum Gasteiger partial charge on any atom is 0.419 e. The number of aryl methyl sites for hydroxylation is 1. The second-order valence-corrected chi connectivity index (χ2v) is 16.9. The molecule has 1 aromatic heterocycles. The molecule has 0 aliphatic carbocycles. The van der Waals surface area contributed by atoms with Crippen LogP contribution in [0.3, 0.4) is 0 Å². The Morgan fingerprint density at radius 1 is 1.07 bits per heavy atom. The Morgan fingerprint density at radius 2 is 1.78 bits per heavy atom. The molecule has 3 aromatic rings. The molecule has 7 rings (SSSR count). The smallest absolute Gasteiger partial charge is 0.419 e. The zero-order chi connectivity index (χ0) is 43.1. The molecule has 4 saturated heterocycles. The molecule has 60 heavy (non-hydrogen) atoms. The van der Waals surface area contributed by atoms with E-state index in [9.17, 15) is 37.6 Å². The van der Waals surface area contributed by atoms with Crippen LogP contribution < -0.4 is 30.5 Å². The lowest BCUT2D eigenvalue weighted by atomic mass is 9.88. The lowest BCUT2D eigenvalue weighted by Gasteiger charge is -2.38. The number of nitriles is 1. The molecule has 2 bridgehead atoms. The third-order valence-corrected chi connectivity index (χ3v) is 12.3. The van der Waals surface area contributed by atoms with Gasteiger partial charge >= 0.3 is 6.18 Å². The van der Waals surface area contributed by atoms with Crippen molar-refractivity contribution in [2.24, 2.45) is 5.92 Å². The average molecular weight is 865 g/mol. The fourth-order valence-electron chi connectivity index (χ4n) is 8.82. The summed E-state index contributed by atoms with van der Waals surface area (Å²) in [7, 11) is 0. The third-order valence-electron chi connectivity index (χ3n) is 11.7. The number of anilines is 4. The van der Waals surface area contributed by atoms with E-state index in [1.54, 1.807) is 43.0 Å². The highest BCUT2D eigenvalue weighted by Gasteiger charge is 2.51. The van der Waals surface area contributed by atoms with E-state index in [-0.39, 0.29) is 47.7 Å². The van der Waals surface area contributed by atoms with Crippen molar-refractivity contribution in [1.82, 2.24) is 15.2 Å². The van der Waals surface area contributed by atoms with E-state index in [1.165, 1.54) is 6.07 Å². The van der Waals surface area contributed by atoms with Gasteiger partial charge in [0.2, 0.25) is 17.7 Å². The van der Waals surface area contributed by atoms with E-state index < -0.39 is 40.8 Å². The first-order chi connectivity index (χ1) is 28.5. The number of benzene rings is 2. The van der Waals surface area contributed by atoms with Gasteiger partial charge in [-0.1, -0.05) is 18.5 Å². The summed E-state index contributed by atoms with van der Waals surface area (Å²) in [6, 6.07) is 12.6. The molecule has 316 valence electrons. The van der Waals surface area contributed by atoms with E-state index in [0.717, 1.165) is 54.8 Å². The predicted octanol–water partition coefficient (Wildman–Crippen LogP) is 6.97. The molecule has 5 heterocycles. The minimum Gasteiger partial charge on any atom is -0.493 e. The molecular formula is C42H44ClF3N8O5S. The summed E-state index contributed by atoms with van der Waals surface area (Å²) in [5, 5.41) is 18.0. The second kappa shape index (κ2) is 17.0.